The number of piperidine rings is 1. The second kappa shape index (κ2) is 6.27. The van der Waals surface area contributed by atoms with Gasteiger partial charge < -0.3 is 15.5 Å². The van der Waals surface area contributed by atoms with Gasteiger partial charge in [-0.1, -0.05) is 6.07 Å². The Bertz CT molecular complexity index is 479. The first-order chi connectivity index (χ1) is 9.47. The normalized spacial score (nSPS) is 17.1. The molecule has 1 amide bonds. The van der Waals surface area contributed by atoms with Crippen LogP contribution in [-0.2, 0) is 0 Å². The molecule has 2 rings (SSSR count). The first-order valence-electron chi connectivity index (χ1n) is 7.27. The lowest BCUT2D eigenvalue weighted by Crippen LogP contribution is -2.38. The third-order valence-electron chi connectivity index (χ3n) is 4.21. The minimum Gasteiger partial charge on any atom is -0.399 e. The van der Waals surface area contributed by atoms with Crippen LogP contribution in [0.25, 0.3) is 0 Å². The molecule has 0 aliphatic carbocycles. The average molecular weight is 275 g/mol. The van der Waals surface area contributed by atoms with Crippen LogP contribution in [0.1, 0.15) is 28.8 Å². The molecule has 0 aromatic heterocycles. The van der Waals surface area contributed by atoms with Crippen molar-refractivity contribution in [1.82, 2.24) is 9.80 Å². The van der Waals surface area contributed by atoms with Gasteiger partial charge in [0.05, 0.1) is 0 Å². The number of hydrogen-bond donors (Lipinski definition) is 1. The number of carbonyl (C=O) groups excluding carboxylic acids is 1. The molecule has 1 aliphatic heterocycles. The van der Waals surface area contributed by atoms with Crippen LogP contribution in [0.2, 0.25) is 0 Å². The predicted octanol–water partition coefficient (Wildman–Crippen LogP) is 1.99. The summed E-state index contributed by atoms with van der Waals surface area (Å²) in [4.78, 5) is 16.7. The number of nitrogen functional groups attached to an aromatic ring is 1. The Morgan fingerprint density at radius 2 is 2.05 bits per heavy atom. The van der Waals surface area contributed by atoms with E-state index in [0.717, 1.165) is 30.8 Å². The summed E-state index contributed by atoms with van der Waals surface area (Å²) in [5.41, 5.74) is 8.14. The molecule has 1 fully saturated rings. The molecule has 1 aromatic rings. The van der Waals surface area contributed by atoms with Crippen molar-refractivity contribution in [3.63, 3.8) is 0 Å². The zero-order valence-corrected chi connectivity index (χ0v) is 12.7. The molecular weight excluding hydrogens is 250 g/mol. The highest BCUT2D eigenvalue weighted by molar-refractivity contribution is 5.96. The quantitative estimate of drug-likeness (QED) is 0.858. The van der Waals surface area contributed by atoms with E-state index in [1.54, 1.807) is 6.07 Å². The first-order valence-corrected chi connectivity index (χ1v) is 7.27. The van der Waals surface area contributed by atoms with Crippen molar-refractivity contribution in [2.45, 2.75) is 19.8 Å². The highest BCUT2D eigenvalue weighted by Gasteiger charge is 2.21. The van der Waals surface area contributed by atoms with Crippen molar-refractivity contribution in [2.24, 2.45) is 5.92 Å². The van der Waals surface area contributed by atoms with Crippen molar-refractivity contribution < 1.29 is 4.79 Å². The zero-order chi connectivity index (χ0) is 14.7. The van der Waals surface area contributed by atoms with Crippen LogP contribution in [0.5, 0.6) is 0 Å². The second-order valence-electron chi connectivity index (χ2n) is 6.01. The van der Waals surface area contributed by atoms with Gasteiger partial charge in [0.25, 0.3) is 5.91 Å². The SMILES string of the molecule is Cc1ccc(N)cc1C(=O)N(C)CC1CCN(C)CC1. The van der Waals surface area contributed by atoms with E-state index in [1.807, 2.05) is 31.0 Å². The molecule has 0 spiro atoms. The maximum atomic E-state index is 12.5. The highest BCUT2D eigenvalue weighted by Crippen LogP contribution is 2.19. The Morgan fingerprint density at radius 1 is 1.40 bits per heavy atom. The van der Waals surface area contributed by atoms with Crippen molar-refractivity contribution in [1.29, 1.82) is 0 Å². The summed E-state index contributed by atoms with van der Waals surface area (Å²) in [6.07, 6.45) is 2.34. The third-order valence-corrected chi connectivity index (χ3v) is 4.21. The van der Waals surface area contributed by atoms with E-state index < -0.39 is 0 Å². The summed E-state index contributed by atoms with van der Waals surface area (Å²) in [6, 6.07) is 5.53. The summed E-state index contributed by atoms with van der Waals surface area (Å²) < 4.78 is 0. The van der Waals surface area contributed by atoms with Gasteiger partial charge in [-0.15, -0.1) is 0 Å². The number of rotatable bonds is 3. The van der Waals surface area contributed by atoms with Gasteiger partial charge in [-0.3, -0.25) is 4.79 Å². The van der Waals surface area contributed by atoms with Gasteiger partial charge in [-0.05, 0) is 63.5 Å². The number of nitrogens with zero attached hydrogens (tertiary/aromatic N) is 2. The van der Waals surface area contributed by atoms with E-state index in [1.165, 1.54) is 12.8 Å². The molecule has 4 heteroatoms. The molecule has 2 N–H and O–H groups in total. The molecule has 20 heavy (non-hydrogen) atoms. The fraction of sp³-hybridized carbons (Fsp3) is 0.562. The number of hydrogen-bond acceptors (Lipinski definition) is 3. The first kappa shape index (κ1) is 14.9. The van der Waals surface area contributed by atoms with E-state index in [9.17, 15) is 4.79 Å². The topological polar surface area (TPSA) is 49.6 Å². The molecule has 0 saturated carbocycles. The lowest BCUT2D eigenvalue weighted by molar-refractivity contribution is 0.0746. The average Bonchev–Trinajstić information content (AvgIpc) is 2.43. The van der Waals surface area contributed by atoms with Gasteiger partial charge in [-0.2, -0.15) is 0 Å². The number of carbonyl (C=O) groups is 1. The van der Waals surface area contributed by atoms with Crippen molar-refractivity contribution in [2.75, 3.05) is 39.5 Å². The summed E-state index contributed by atoms with van der Waals surface area (Å²) in [5, 5.41) is 0. The standard InChI is InChI=1S/C16H25N3O/c1-12-4-5-14(17)10-15(12)16(20)19(3)11-13-6-8-18(2)9-7-13/h4-5,10,13H,6-9,11,17H2,1-3H3. The van der Waals surface area contributed by atoms with E-state index in [2.05, 4.69) is 11.9 Å². The fourth-order valence-corrected chi connectivity index (χ4v) is 2.79. The summed E-state index contributed by atoms with van der Waals surface area (Å²) in [5.74, 6) is 0.690. The molecule has 110 valence electrons. The molecule has 0 atom stereocenters. The van der Waals surface area contributed by atoms with Gasteiger partial charge in [0.1, 0.15) is 0 Å². The smallest absolute Gasteiger partial charge is 0.253 e. The van der Waals surface area contributed by atoms with Crippen LogP contribution in [0.3, 0.4) is 0 Å². The Hall–Kier alpha value is -1.55. The lowest BCUT2D eigenvalue weighted by Gasteiger charge is -2.31. The number of amides is 1. The van der Waals surface area contributed by atoms with Crippen LogP contribution in [0, 0.1) is 12.8 Å². The monoisotopic (exact) mass is 275 g/mol. The largest absolute Gasteiger partial charge is 0.399 e. The molecule has 0 radical (unpaired) electrons. The molecule has 4 nitrogen and oxygen atoms in total. The zero-order valence-electron chi connectivity index (χ0n) is 12.7. The lowest BCUT2D eigenvalue weighted by atomic mass is 9.96. The van der Waals surface area contributed by atoms with Crippen LogP contribution >= 0.6 is 0 Å². The maximum Gasteiger partial charge on any atom is 0.253 e. The van der Waals surface area contributed by atoms with E-state index in [4.69, 9.17) is 5.73 Å². The molecule has 1 aliphatic rings. The Kier molecular flexibility index (Phi) is 4.65. The molecular formula is C16H25N3O. The third kappa shape index (κ3) is 3.51. The van der Waals surface area contributed by atoms with E-state index in [0.29, 0.717) is 11.6 Å². The molecule has 0 unspecified atom stereocenters. The van der Waals surface area contributed by atoms with Crippen molar-refractivity contribution >= 4 is 11.6 Å². The van der Waals surface area contributed by atoms with Gasteiger partial charge in [0.2, 0.25) is 0 Å². The van der Waals surface area contributed by atoms with Gasteiger partial charge in [-0.25, -0.2) is 0 Å². The Balaban J connectivity index is 1.99. The summed E-state index contributed by atoms with van der Waals surface area (Å²) >= 11 is 0. The number of likely N-dealkylation sites (tertiary alicyclic amines) is 1. The Morgan fingerprint density at radius 3 is 2.70 bits per heavy atom. The van der Waals surface area contributed by atoms with E-state index in [-0.39, 0.29) is 5.91 Å². The number of benzene rings is 1. The van der Waals surface area contributed by atoms with Crippen molar-refractivity contribution in [3.05, 3.63) is 29.3 Å². The fourth-order valence-electron chi connectivity index (χ4n) is 2.79. The second-order valence-corrected chi connectivity index (χ2v) is 6.01. The van der Waals surface area contributed by atoms with Gasteiger partial charge in [0, 0.05) is 24.8 Å². The number of nitrogens with two attached hydrogens (primary N) is 1. The summed E-state index contributed by atoms with van der Waals surface area (Å²) in [7, 11) is 4.05. The number of anilines is 1. The Labute approximate surface area is 121 Å². The highest BCUT2D eigenvalue weighted by atomic mass is 16.2. The summed E-state index contributed by atoms with van der Waals surface area (Å²) in [6.45, 7) is 5.05. The van der Waals surface area contributed by atoms with Gasteiger partial charge >= 0.3 is 0 Å². The molecule has 0 bridgehead atoms. The van der Waals surface area contributed by atoms with Crippen LogP contribution in [0.15, 0.2) is 18.2 Å². The van der Waals surface area contributed by atoms with Crippen molar-refractivity contribution in [3.8, 4) is 0 Å². The van der Waals surface area contributed by atoms with Crippen LogP contribution < -0.4 is 5.73 Å². The minimum absolute atomic E-state index is 0.0775. The minimum atomic E-state index is 0.0775. The van der Waals surface area contributed by atoms with Crippen LogP contribution in [-0.4, -0.2) is 49.4 Å². The van der Waals surface area contributed by atoms with Gasteiger partial charge in [0.15, 0.2) is 0 Å². The molecule has 1 heterocycles. The van der Waals surface area contributed by atoms with Crippen LogP contribution in [0.4, 0.5) is 5.69 Å². The molecule has 1 saturated heterocycles. The van der Waals surface area contributed by atoms with E-state index >= 15 is 0 Å². The molecule has 1 aromatic carbocycles. The number of aryl methyl sites for hydroxylation is 1. The predicted molar refractivity (Wildman–Crippen MR) is 82.8 cm³/mol. The maximum absolute atomic E-state index is 12.5.